The number of rotatable bonds is 6. The van der Waals surface area contributed by atoms with Crippen LogP contribution in [0.4, 0.5) is 0 Å². The molecular formula is C20H18N2O3S. The number of aromatic nitrogens is 2. The second-order valence-electron chi connectivity index (χ2n) is 5.81. The summed E-state index contributed by atoms with van der Waals surface area (Å²) in [4.78, 5) is 15.4. The zero-order chi connectivity index (χ0) is 18.7. The predicted molar refractivity (Wildman–Crippen MR) is 101 cm³/mol. The molecule has 1 aromatic carbocycles. The van der Waals surface area contributed by atoms with Crippen molar-refractivity contribution in [2.24, 2.45) is 0 Å². The molecular weight excluding hydrogens is 348 g/mol. The minimum absolute atomic E-state index is 0.335. The summed E-state index contributed by atoms with van der Waals surface area (Å²) >= 11 is 0. The van der Waals surface area contributed by atoms with Gasteiger partial charge in [-0.3, -0.25) is 9.78 Å². The molecule has 132 valence electrons. The fourth-order valence-electron chi connectivity index (χ4n) is 2.95. The number of nitrogens with zero attached hydrogens (tertiary/aromatic N) is 2. The molecule has 0 N–H and O–H groups in total. The first kappa shape index (κ1) is 17.8. The van der Waals surface area contributed by atoms with Crippen molar-refractivity contribution >= 4 is 16.3 Å². The van der Waals surface area contributed by atoms with Gasteiger partial charge in [-0.15, -0.1) is 6.58 Å². The van der Waals surface area contributed by atoms with Gasteiger partial charge in [-0.1, -0.05) is 42.5 Å². The van der Waals surface area contributed by atoms with E-state index in [1.807, 2.05) is 30.3 Å². The summed E-state index contributed by atoms with van der Waals surface area (Å²) < 4.78 is 28.1. The normalized spacial score (nSPS) is 12.5. The highest BCUT2D eigenvalue weighted by Crippen LogP contribution is 2.33. The molecule has 0 saturated carbocycles. The summed E-state index contributed by atoms with van der Waals surface area (Å²) in [5.74, 6) is 0. The van der Waals surface area contributed by atoms with Gasteiger partial charge in [0.2, 0.25) is 10.0 Å². The van der Waals surface area contributed by atoms with Gasteiger partial charge in [0.1, 0.15) is 5.25 Å². The van der Waals surface area contributed by atoms with E-state index in [1.54, 1.807) is 31.3 Å². The fourth-order valence-corrected chi connectivity index (χ4v) is 4.83. The summed E-state index contributed by atoms with van der Waals surface area (Å²) in [5, 5.41) is -0.982. The third kappa shape index (κ3) is 2.99. The van der Waals surface area contributed by atoms with Crippen LogP contribution in [0.15, 0.2) is 73.6 Å². The topological polar surface area (TPSA) is 69.0 Å². The molecule has 0 saturated heterocycles. The van der Waals surface area contributed by atoms with E-state index in [0.29, 0.717) is 34.4 Å². The highest BCUT2D eigenvalue weighted by atomic mass is 32.2. The molecule has 0 bridgehead atoms. The van der Waals surface area contributed by atoms with Crippen molar-refractivity contribution in [2.45, 2.75) is 12.2 Å². The van der Waals surface area contributed by atoms with Gasteiger partial charge in [0, 0.05) is 23.7 Å². The predicted octanol–water partition coefficient (Wildman–Crippen LogP) is 3.78. The molecule has 5 nitrogen and oxygen atoms in total. The molecule has 2 heterocycles. The highest BCUT2D eigenvalue weighted by Gasteiger charge is 2.31. The second-order valence-corrected chi connectivity index (χ2v) is 7.71. The van der Waals surface area contributed by atoms with Gasteiger partial charge in [0.15, 0.2) is 6.29 Å². The first-order valence-electron chi connectivity index (χ1n) is 8.00. The Morgan fingerprint density at radius 1 is 1.15 bits per heavy atom. The molecule has 0 aliphatic heterocycles. The van der Waals surface area contributed by atoms with Crippen molar-refractivity contribution in [3.05, 3.63) is 90.4 Å². The fraction of sp³-hybridized carbons (Fsp3) is 0.100. The number of aldehydes is 1. The van der Waals surface area contributed by atoms with E-state index >= 15 is 0 Å². The Hall–Kier alpha value is -2.99. The third-order valence-electron chi connectivity index (χ3n) is 4.23. The molecule has 0 amide bonds. The zero-order valence-corrected chi connectivity index (χ0v) is 15.1. The Morgan fingerprint density at radius 2 is 1.88 bits per heavy atom. The van der Waals surface area contributed by atoms with Gasteiger partial charge in [-0.05, 0) is 30.2 Å². The number of pyridine rings is 1. The number of carbonyl (C=O) groups is 1. The van der Waals surface area contributed by atoms with Crippen LogP contribution in [0.25, 0.3) is 11.3 Å². The van der Waals surface area contributed by atoms with Crippen LogP contribution < -0.4 is 0 Å². The minimum Gasteiger partial charge on any atom is -0.298 e. The maximum absolute atomic E-state index is 13.5. The van der Waals surface area contributed by atoms with Crippen LogP contribution in [0.2, 0.25) is 0 Å². The van der Waals surface area contributed by atoms with Crippen molar-refractivity contribution in [2.75, 3.05) is 0 Å². The largest absolute Gasteiger partial charge is 0.298 e. The average molecular weight is 366 g/mol. The Bertz CT molecular complexity index is 1040. The number of hydrogen-bond acceptors (Lipinski definition) is 4. The van der Waals surface area contributed by atoms with E-state index in [9.17, 15) is 13.2 Å². The molecule has 0 aliphatic carbocycles. The summed E-state index contributed by atoms with van der Waals surface area (Å²) in [6, 6.07) is 14.1. The lowest BCUT2D eigenvalue weighted by atomic mass is 10.1. The molecule has 0 spiro atoms. The highest BCUT2D eigenvalue weighted by molar-refractivity contribution is 7.90. The Kier molecular flexibility index (Phi) is 4.86. The first-order valence-corrected chi connectivity index (χ1v) is 9.51. The summed E-state index contributed by atoms with van der Waals surface area (Å²) in [6.07, 6.45) is 5.13. The van der Waals surface area contributed by atoms with Crippen molar-refractivity contribution in [3.8, 4) is 11.3 Å². The second kappa shape index (κ2) is 7.09. The molecule has 0 fully saturated rings. The number of carbonyl (C=O) groups excluding carboxylic acids is 1. The number of benzene rings is 1. The van der Waals surface area contributed by atoms with Crippen LogP contribution in [0.5, 0.6) is 0 Å². The number of hydrogen-bond donors (Lipinski definition) is 0. The van der Waals surface area contributed by atoms with Gasteiger partial charge >= 0.3 is 0 Å². The van der Waals surface area contributed by atoms with Crippen LogP contribution in [-0.4, -0.2) is 23.7 Å². The van der Waals surface area contributed by atoms with E-state index in [-0.39, 0.29) is 0 Å². The minimum atomic E-state index is -3.90. The molecule has 2 aromatic heterocycles. The summed E-state index contributed by atoms with van der Waals surface area (Å²) in [7, 11) is -3.90. The van der Waals surface area contributed by atoms with Crippen molar-refractivity contribution in [3.63, 3.8) is 0 Å². The third-order valence-corrected chi connectivity index (χ3v) is 6.32. The lowest BCUT2D eigenvalue weighted by Gasteiger charge is -2.19. The van der Waals surface area contributed by atoms with Crippen LogP contribution in [-0.2, 0) is 10.0 Å². The van der Waals surface area contributed by atoms with Crippen molar-refractivity contribution in [1.82, 2.24) is 8.96 Å². The van der Waals surface area contributed by atoms with Gasteiger partial charge in [-0.25, -0.2) is 12.4 Å². The van der Waals surface area contributed by atoms with Crippen LogP contribution in [0.1, 0.15) is 26.9 Å². The van der Waals surface area contributed by atoms with Gasteiger partial charge in [0.25, 0.3) is 0 Å². The molecule has 1 atom stereocenters. The van der Waals surface area contributed by atoms with E-state index in [2.05, 4.69) is 11.6 Å². The van der Waals surface area contributed by atoms with E-state index in [4.69, 9.17) is 0 Å². The zero-order valence-electron chi connectivity index (χ0n) is 14.2. The average Bonchev–Trinajstić information content (AvgIpc) is 3.01. The van der Waals surface area contributed by atoms with E-state index in [0.717, 1.165) is 0 Å². The Morgan fingerprint density at radius 3 is 2.46 bits per heavy atom. The quantitative estimate of drug-likeness (QED) is 0.492. The molecule has 3 rings (SSSR count). The molecule has 0 radical (unpaired) electrons. The lowest BCUT2D eigenvalue weighted by molar-refractivity contribution is 0.112. The summed E-state index contributed by atoms with van der Waals surface area (Å²) in [6.45, 7) is 5.32. The SMILES string of the molecule is C=CC(c1cccnc1)S(=O)(=O)n1c(-c2ccccc2)cc(C=O)c1C. The smallest absolute Gasteiger partial charge is 0.250 e. The standard InChI is InChI=1S/C20H18N2O3S/c1-3-20(17-10-7-11-21-13-17)26(24,25)22-15(2)18(14-23)12-19(22)16-8-5-4-6-9-16/h3-14,20H,1H2,2H3. The first-order chi connectivity index (χ1) is 12.5. The maximum atomic E-state index is 13.5. The van der Waals surface area contributed by atoms with E-state index in [1.165, 1.54) is 16.2 Å². The van der Waals surface area contributed by atoms with Crippen molar-refractivity contribution < 1.29 is 13.2 Å². The van der Waals surface area contributed by atoms with Crippen LogP contribution in [0.3, 0.4) is 0 Å². The Labute approximate surface area is 152 Å². The van der Waals surface area contributed by atoms with E-state index < -0.39 is 15.3 Å². The summed E-state index contributed by atoms with van der Waals surface area (Å²) in [5.41, 5.74) is 2.38. The monoisotopic (exact) mass is 366 g/mol. The molecule has 1 unspecified atom stereocenters. The van der Waals surface area contributed by atoms with Gasteiger partial charge in [-0.2, -0.15) is 0 Å². The Balaban J connectivity index is 2.26. The lowest BCUT2D eigenvalue weighted by Crippen LogP contribution is -2.22. The van der Waals surface area contributed by atoms with Crippen LogP contribution in [0, 0.1) is 6.92 Å². The van der Waals surface area contributed by atoms with Crippen molar-refractivity contribution in [1.29, 1.82) is 0 Å². The van der Waals surface area contributed by atoms with Crippen LogP contribution >= 0.6 is 0 Å². The molecule has 3 aromatic rings. The molecule has 0 aliphatic rings. The molecule has 6 heteroatoms. The van der Waals surface area contributed by atoms with Gasteiger partial charge < -0.3 is 0 Å². The molecule has 26 heavy (non-hydrogen) atoms. The van der Waals surface area contributed by atoms with Gasteiger partial charge in [0.05, 0.1) is 5.69 Å². The maximum Gasteiger partial charge on any atom is 0.250 e.